The van der Waals surface area contributed by atoms with E-state index in [0.29, 0.717) is 19.1 Å². The minimum Gasteiger partial charge on any atom is -0.396 e. The minimum absolute atomic E-state index is 0.0886. The molecule has 5 heteroatoms. The second-order valence-electron chi connectivity index (χ2n) is 7.68. The summed E-state index contributed by atoms with van der Waals surface area (Å²) in [6.45, 7) is 9.21. The lowest BCUT2D eigenvalue weighted by Gasteiger charge is -2.31. The van der Waals surface area contributed by atoms with Crippen LogP contribution in [0.1, 0.15) is 36.1 Å². The molecule has 0 amide bonds. The molecule has 142 valence electrons. The number of pyridine rings is 1. The molecule has 1 saturated heterocycles. The lowest BCUT2D eigenvalue weighted by Crippen LogP contribution is -2.38. The van der Waals surface area contributed by atoms with E-state index in [1.165, 1.54) is 6.42 Å². The first kappa shape index (κ1) is 19.1. The molecule has 26 heavy (non-hydrogen) atoms. The van der Waals surface area contributed by atoms with E-state index in [4.69, 9.17) is 0 Å². The van der Waals surface area contributed by atoms with E-state index < -0.39 is 0 Å². The van der Waals surface area contributed by atoms with Crippen molar-refractivity contribution in [2.75, 3.05) is 32.8 Å². The highest BCUT2D eigenvalue weighted by Crippen LogP contribution is 2.17. The third-order valence-corrected chi connectivity index (χ3v) is 5.34. The van der Waals surface area contributed by atoms with Gasteiger partial charge in [-0.05, 0) is 75.9 Å². The van der Waals surface area contributed by atoms with Gasteiger partial charge >= 0.3 is 0 Å². The summed E-state index contributed by atoms with van der Waals surface area (Å²) < 4.78 is 0. The predicted octanol–water partition coefficient (Wildman–Crippen LogP) is 2.33. The molecule has 1 unspecified atom stereocenters. The maximum absolute atomic E-state index is 12.4. The van der Waals surface area contributed by atoms with Gasteiger partial charge in [-0.1, -0.05) is 6.07 Å². The van der Waals surface area contributed by atoms with E-state index in [-0.39, 0.29) is 5.43 Å². The van der Waals surface area contributed by atoms with Crippen LogP contribution in [0.3, 0.4) is 0 Å². The third kappa shape index (κ3) is 4.72. The molecule has 1 aliphatic heterocycles. The molecule has 1 fully saturated rings. The molecule has 0 saturated carbocycles. The van der Waals surface area contributed by atoms with Gasteiger partial charge in [0.2, 0.25) is 0 Å². The van der Waals surface area contributed by atoms with Crippen molar-refractivity contribution in [3.63, 3.8) is 0 Å². The first-order valence-electron chi connectivity index (χ1n) is 9.74. The maximum Gasteiger partial charge on any atom is 0.189 e. The molecule has 2 aromatic rings. The Morgan fingerprint density at radius 2 is 2.15 bits per heavy atom. The number of rotatable bonds is 7. The topological polar surface area (TPSA) is 68.4 Å². The van der Waals surface area contributed by atoms with Crippen molar-refractivity contribution in [1.82, 2.24) is 15.2 Å². The molecular formula is C21H31N3O2. The number of aryl methyl sites for hydroxylation is 2. The van der Waals surface area contributed by atoms with E-state index in [1.807, 2.05) is 19.9 Å². The van der Waals surface area contributed by atoms with Gasteiger partial charge in [0.25, 0.3) is 0 Å². The summed E-state index contributed by atoms with van der Waals surface area (Å²) in [5.41, 5.74) is 4.21. The molecule has 1 aliphatic rings. The van der Waals surface area contributed by atoms with Crippen molar-refractivity contribution in [1.29, 1.82) is 0 Å². The fraction of sp³-hybridized carbons (Fsp3) is 0.571. The van der Waals surface area contributed by atoms with Gasteiger partial charge in [-0.2, -0.15) is 0 Å². The fourth-order valence-corrected chi connectivity index (χ4v) is 4.01. The Morgan fingerprint density at radius 3 is 2.96 bits per heavy atom. The zero-order valence-electron chi connectivity index (χ0n) is 16.0. The number of nitrogens with zero attached hydrogens (tertiary/aromatic N) is 1. The lowest BCUT2D eigenvalue weighted by molar-refractivity contribution is 0.119. The number of likely N-dealkylation sites (tertiary alicyclic amines) is 1. The van der Waals surface area contributed by atoms with Crippen LogP contribution in [-0.4, -0.2) is 47.8 Å². The van der Waals surface area contributed by atoms with Crippen LogP contribution in [0.5, 0.6) is 0 Å². The van der Waals surface area contributed by atoms with Gasteiger partial charge in [-0.25, -0.2) is 0 Å². The number of aromatic amines is 1. The van der Waals surface area contributed by atoms with Crippen LogP contribution < -0.4 is 10.7 Å². The van der Waals surface area contributed by atoms with Gasteiger partial charge in [0.05, 0.1) is 5.52 Å². The summed E-state index contributed by atoms with van der Waals surface area (Å²) in [7, 11) is 0. The van der Waals surface area contributed by atoms with Crippen LogP contribution in [0.4, 0.5) is 0 Å². The summed E-state index contributed by atoms with van der Waals surface area (Å²) in [5, 5.41) is 13.5. The average molecular weight is 357 g/mol. The van der Waals surface area contributed by atoms with Gasteiger partial charge in [0.1, 0.15) is 0 Å². The zero-order chi connectivity index (χ0) is 18.5. The Labute approximate surface area is 155 Å². The fourth-order valence-electron chi connectivity index (χ4n) is 4.01. The number of aliphatic hydroxyl groups is 1. The maximum atomic E-state index is 12.4. The Morgan fingerprint density at radius 1 is 1.31 bits per heavy atom. The van der Waals surface area contributed by atoms with Crippen LogP contribution in [0.15, 0.2) is 23.0 Å². The van der Waals surface area contributed by atoms with Crippen molar-refractivity contribution in [2.24, 2.45) is 5.92 Å². The Kier molecular flexibility index (Phi) is 6.46. The van der Waals surface area contributed by atoms with Crippen molar-refractivity contribution in [3.8, 4) is 0 Å². The third-order valence-electron chi connectivity index (χ3n) is 5.34. The summed E-state index contributed by atoms with van der Waals surface area (Å²) in [6.07, 6.45) is 3.42. The zero-order valence-corrected chi connectivity index (χ0v) is 16.0. The highest BCUT2D eigenvalue weighted by Gasteiger charge is 2.18. The molecule has 0 aliphatic carbocycles. The molecule has 3 rings (SSSR count). The van der Waals surface area contributed by atoms with Crippen molar-refractivity contribution >= 4 is 10.9 Å². The molecule has 0 bridgehead atoms. The number of aliphatic hydroxyl groups excluding tert-OH is 1. The van der Waals surface area contributed by atoms with Crippen LogP contribution in [0, 0.1) is 19.8 Å². The Balaban J connectivity index is 1.50. The van der Waals surface area contributed by atoms with E-state index >= 15 is 0 Å². The number of hydrogen-bond donors (Lipinski definition) is 3. The van der Waals surface area contributed by atoms with E-state index in [9.17, 15) is 9.90 Å². The van der Waals surface area contributed by atoms with E-state index in [1.54, 1.807) is 6.07 Å². The summed E-state index contributed by atoms with van der Waals surface area (Å²) in [6, 6.07) is 5.77. The molecule has 3 N–H and O–H groups in total. The molecule has 5 nitrogen and oxygen atoms in total. The van der Waals surface area contributed by atoms with E-state index in [2.05, 4.69) is 21.3 Å². The van der Waals surface area contributed by atoms with Gasteiger partial charge in [0.15, 0.2) is 5.43 Å². The molecule has 1 aromatic carbocycles. The SMILES string of the molecule is Cc1cc(C)c2[nH]c(CNCCCN3CCCC(CO)C3)cc(=O)c2c1. The van der Waals surface area contributed by atoms with Crippen molar-refractivity contribution in [3.05, 3.63) is 45.2 Å². The average Bonchev–Trinajstić information content (AvgIpc) is 2.62. The lowest BCUT2D eigenvalue weighted by atomic mass is 9.99. The van der Waals surface area contributed by atoms with Gasteiger partial charge in [-0.15, -0.1) is 0 Å². The van der Waals surface area contributed by atoms with Crippen molar-refractivity contribution < 1.29 is 5.11 Å². The quantitative estimate of drug-likeness (QED) is 0.665. The molecular weight excluding hydrogens is 326 g/mol. The highest BCUT2D eigenvalue weighted by atomic mass is 16.3. The number of hydrogen-bond acceptors (Lipinski definition) is 4. The second kappa shape index (κ2) is 8.80. The van der Waals surface area contributed by atoms with Crippen LogP contribution in [0.25, 0.3) is 10.9 Å². The summed E-state index contributed by atoms with van der Waals surface area (Å²) >= 11 is 0. The predicted molar refractivity (Wildman–Crippen MR) is 107 cm³/mol. The normalized spacial score (nSPS) is 18.5. The molecule has 2 heterocycles. The first-order valence-corrected chi connectivity index (χ1v) is 9.74. The molecule has 1 atom stereocenters. The summed E-state index contributed by atoms with van der Waals surface area (Å²) in [4.78, 5) is 18.3. The second-order valence-corrected chi connectivity index (χ2v) is 7.68. The number of piperidine rings is 1. The molecule has 0 radical (unpaired) electrons. The number of benzene rings is 1. The largest absolute Gasteiger partial charge is 0.396 e. The Bertz CT molecular complexity index is 800. The number of H-pyrrole nitrogens is 1. The highest BCUT2D eigenvalue weighted by molar-refractivity contribution is 5.82. The first-order chi connectivity index (χ1) is 12.6. The Hall–Kier alpha value is -1.69. The minimum atomic E-state index is 0.0886. The van der Waals surface area contributed by atoms with Crippen molar-refractivity contribution in [2.45, 2.75) is 39.7 Å². The van der Waals surface area contributed by atoms with Gasteiger partial charge < -0.3 is 20.3 Å². The van der Waals surface area contributed by atoms with Crippen LogP contribution >= 0.6 is 0 Å². The van der Waals surface area contributed by atoms with Crippen LogP contribution in [0.2, 0.25) is 0 Å². The molecule has 1 aromatic heterocycles. The van der Waals surface area contributed by atoms with Gasteiger partial charge in [0, 0.05) is 36.8 Å². The standard InChI is InChI=1S/C21H31N3O2/c1-15-9-16(2)21-19(10-15)20(26)11-18(23-21)12-22-6-4-8-24-7-3-5-17(13-24)14-25/h9-11,17,22,25H,3-8,12-14H2,1-2H3,(H,23,26). The van der Waals surface area contributed by atoms with Crippen LogP contribution in [-0.2, 0) is 6.54 Å². The summed E-state index contributed by atoms with van der Waals surface area (Å²) in [5.74, 6) is 0.450. The number of aromatic nitrogens is 1. The number of nitrogens with one attached hydrogen (secondary N) is 2. The monoisotopic (exact) mass is 357 g/mol. The smallest absolute Gasteiger partial charge is 0.189 e. The van der Waals surface area contributed by atoms with E-state index in [0.717, 1.165) is 66.7 Å². The van der Waals surface area contributed by atoms with Gasteiger partial charge in [-0.3, -0.25) is 4.79 Å². The number of fused-ring (bicyclic) bond motifs is 1. The molecule has 0 spiro atoms.